The maximum absolute atomic E-state index is 14.1. The first-order valence-electron chi connectivity index (χ1n) is 13.4. The number of carbonyl (C=O) groups is 5. The second-order valence-electron chi connectivity index (χ2n) is 10.8. The lowest BCUT2D eigenvalue weighted by molar-refractivity contribution is -0.154. The molecular weight excluding hydrogens is 780 g/mol. The zero-order valence-electron chi connectivity index (χ0n) is 23.2. The number of imide groups is 1. The number of halogens is 8. The molecule has 0 N–H and O–H groups in total. The second kappa shape index (κ2) is 12.1. The fraction of sp³-hybridized carbons (Fsp3) is 0.194. The van der Waals surface area contributed by atoms with Gasteiger partial charge in [-0.1, -0.05) is 87.8 Å². The Labute approximate surface area is 306 Å². The summed E-state index contributed by atoms with van der Waals surface area (Å²) in [5.41, 5.74) is 0.250. The molecule has 0 unspecified atom stereocenters. The Morgan fingerprint density at radius 2 is 1.23 bits per heavy atom. The maximum atomic E-state index is 14.1. The van der Waals surface area contributed by atoms with Crippen molar-refractivity contribution in [3.8, 4) is 5.75 Å². The summed E-state index contributed by atoms with van der Waals surface area (Å²) in [7, 11) is 0. The summed E-state index contributed by atoms with van der Waals surface area (Å²) in [5, 5.41) is 0.593. The summed E-state index contributed by atoms with van der Waals surface area (Å²) < 4.78 is 3.15. The largest absolute Gasteiger partial charge is 0.423 e. The molecule has 47 heavy (non-hydrogen) atoms. The highest BCUT2D eigenvalue weighted by Crippen LogP contribution is 2.77. The van der Waals surface area contributed by atoms with Crippen LogP contribution in [0.2, 0.25) is 10.0 Å². The first-order chi connectivity index (χ1) is 22.1. The summed E-state index contributed by atoms with van der Waals surface area (Å²) in [6.45, 7) is -0.828. The number of nitrogens with zero attached hydrogens (tertiary/aromatic N) is 2. The number of hydrogen-bond acceptors (Lipinski definition) is 6. The molecule has 8 nitrogen and oxygen atoms in total. The number of ketones is 1. The van der Waals surface area contributed by atoms with Crippen LogP contribution in [-0.4, -0.2) is 60.1 Å². The van der Waals surface area contributed by atoms with Gasteiger partial charge in [0.2, 0.25) is 0 Å². The normalized spacial score (nSPS) is 25.7. The first-order valence-corrected chi connectivity index (χ1v) is 16.5. The van der Waals surface area contributed by atoms with Crippen LogP contribution in [0.3, 0.4) is 0 Å². The van der Waals surface area contributed by atoms with Crippen LogP contribution in [0.25, 0.3) is 0 Å². The van der Waals surface area contributed by atoms with Crippen LogP contribution in [0.15, 0.2) is 82.9 Å². The molecule has 16 heteroatoms. The molecule has 0 aromatic heterocycles. The van der Waals surface area contributed by atoms with E-state index in [0.29, 0.717) is 15.6 Å². The van der Waals surface area contributed by atoms with Gasteiger partial charge in [-0.05, 0) is 54.6 Å². The standard InChI is InChI=1S/C31H16Cl8N2O6/c32-18-11-8-16(12-19(18)33)25(43)40(13-20(42)14-6-9-17(10-7-14)47-28(46)15-4-2-1-3-5-15)41-26(44)21-22(27(41)45)30(37)24(35)23(34)29(21,36)31(30,38)39/h1-12,21-22H,13H2/t21-,22-,29+,30+/m0/s1. The molecule has 3 aliphatic rings. The average Bonchev–Trinajstić information content (AvgIpc) is 3.44. The van der Waals surface area contributed by atoms with E-state index in [1.165, 1.54) is 42.5 Å². The smallest absolute Gasteiger partial charge is 0.343 e. The topological polar surface area (TPSA) is 101 Å². The number of benzene rings is 3. The number of hydrazine groups is 1. The van der Waals surface area contributed by atoms with Gasteiger partial charge < -0.3 is 4.74 Å². The minimum Gasteiger partial charge on any atom is -0.423 e. The number of allylic oxidation sites excluding steroid dienone is 2. The van der Waals surface area contributed by atoms with E-state index < -0.39 is 61.9 Å². The summed E-state index contributed by atoms with van der Waals surface area (Å²) in [5.74, 6) is -7.37. The van der Waals surface area contributed by atoms with E-state index in [9.17, 15) is 24.0 Å². The molecule has 1 saturated carbocycles. The monoisotopic (exact) mass is 792 g/mol. The number of fused-ring (bicyclic) bond motifs is 5. The predicted octanol–water partition coefficient (Wildman–Crippen LogP) is 7.90. The fourth-order valence-corrected chi connectivity index (χ4v) is 9.13. The quantitative estimate of drug-likeness (QED) is 0.0793. The number of Topliss-reactive ketones (excluding diaryl/α,β-unsaturated/α-hetero) is 1. The Bertz CT molecular complexity index is 1870. The highest BCUT2D eigenvalue weighted by molar-refractivity contribution is 6.66. The molecule has 1 aliphatic heterocycles. The van der Waals surface area contributed by atoms with E-state index in [0.717, 1.165) is 0 Å². The molecule has 2 aliphatic carbocycles. The van der Waals surface area contributed by atoms with E-state index in [4.69, 9.17) is 97.5 Å². The van der Waals surface area contributed by atoms with E-state index in [1.54, 1.807) is 30.3 Å². The van der Waals surface area contributed by atoms with Crippen molar-refractivity contribution in [2.45, 2.75) is 14.1 Å². The lowest BCUT2D eigenvalue weighted by Gasteiger charge is -2.36. The number of esters is 1. The van der Waals surface area contributed by atoms with Crippen molar-refractivity contribution in [1.82, 2.24) is 10.0 Å². The van der Waals surface area contributed by atoms with Crippen molar-refractivity contribution in [2.75, 3.05) is 6.54 Å². The van der Waals surface area contributed by atoms with Gasteiger partial charge in [0.15, 0.2) is 10.1 Å². The van der Waals surface area contributed by atoms with Crippen molar-refractivity contribution in [3.05, 3.63) is 110 Å². The number of rotatable bonds is 7. The average molecular weight is 796 g/mol. The highest BCUT2D eigenvalue weighted by atomic mass is 35.5. The molecule has 3 aromatic carbocycles. The van der Waals surface area contributed by atoms with Gasteiger partial charge in [-0.2, -0.15) is 5.01 Å². The van der Waals surface area contributed by atoms with Crippen LogP contribution in [0.4, 0.5) is 0 Å². The summed E-state index contributed by atoms with van der Waals surface area (Å²) >= 11 is 51.8. The lowest BCUT2D eigenvalue weighted by atomic mass is 9.84. The molecule has 2 fully saturated rings. The fourth-order valence-electron chi connectivity index (χ4n) is 5.91. The van der Waals surface area contributed by atoms with E-state index in [-0.39, 0.29) is 37.0 Å². The molecular formula is C31H16Cl8N2O6. The van der Waals surface area contributed by atoms with Crippen LogP contribution >= 0.6 is 92.8 Å². The van der Waals surface area contributed by atoms with Crippen LogP contribution in [-0.2, 0) is 9.59 Å². The van der Waals surface area contributed by atoms with E-state index in [1.807, 2.05) is 0 Å². The van der Waals surface area contributed by atoms with Crippen molar-refractivity contribution in [1.29, 1.82) is 0 Å². The van der Waals surface area contributed by atoms with Crippen molar-refractivity contribution in [3.63, 3.8) is 0 Å². The van der Waals surface area contributed by atoms with Crippen LogP contribution in [0, 0.1) is 11.8 Å². The zero-order chi connectivity index (χ0) is 34.2. The Kier molecular flexibility index (Phi) is 8.85. The third-order valence-corrected chi connectivity index (χ3v) is 13.2. The van der Waals surface area contributed by atoms with Gasteiger partial charge in [0.05, 0.1) is 37.5 Å². The van der Waals surface area contributed by atoms with Gasteiger partial charge in [0.25, 0.3) is 17.7 Å². The summed E-state index contributed by atoms with van der Waals surface area (Å²) in [6, 6.07) is 17.5. The van der Waals surface area contributed by atoms with Crippen molar-refractivity contribution >= 4 is 122 Å². The van der Waals surface area contributed by atoms with Crippen molar-refractivity contribution < 1.29 is 28.7 Å². The molecule has 3 aromatic rings. The minimum absolute atomic E-state index is 0.00493. The molecule has 2 bridgehead atoms. The number of ether oxygens (including phenoxy) is 1. The van der Waals surface area contributed by atoms with Crippen LogP contribution < -0.4 is 4.74 Å². The van der Waals surface area contributed by atoms with Gasteiger partial charge in [0, 0.05) is 11.1 Å². The number of hydrogen-bond donors (Lipinski definition) is 0. The van der Waals surface area contributed by atoms with Gasteiger partial charge in [-0.25, -0.2) is 9.80 Å². The van der Waals surface area contributed by atoms with Gasteiger partial charge >= 0.3 is 5.97 Å². The molecule has 4 atom stereocenters. The number of alkyl halides is 4. The van der Waals surface area contributed by atoms with E-state index in [2.05, 4.69) is 0 Å². The van der Waals surface area contributed by atoms with Gasteiger partial charge in [0.1, 0.15) is 22.0 Å². The highest BCUT2D eigenvalue weighted by Gasteiger charge is 2.88. The number of carbonyl (C=O) groups excluding carboxylic acids is 5. The van der Waals surface area contributed by atoms with Crippen molar-refractivity contribution in [2.24, 2.45) is 11.8 Å². The molecule has 0 radical (unpaired) electrons. The van der Waals surface area contributed by atoms with Gasteiger partial charge in [-0.3, -0.25) is 19.2 Å². The zero-order valence-corrected chi connectivity index (χ0v) is 29.2. The van der Waals surface area contributed by atoms with E-state index >= 15 is 0 Å². The Hall–Kier alpha value is -2.53. The van der Waals surface area contributed by atoms with Gasteiger partial charge in [-0.15, -0.1) is 23.2 Å². The van der Waals surface area contributed by atoms with Crippen LogP contribution in [0.5, 0.6) is 5.75 Å². The second-order valence-corrected chi connectivity index (χ2v) is 14.9. The molecule has 242 valence electrons. The number of amides is 3. The molecule has 1 heterocycles. The maximum Gasteiger partial charge on any atom is 0.343 e. The lowest BCUT2D eigenvalue weighted by Crippen LogP contribution is -2.56. The summed E-state index contributed by atoms with van der Waals surface area (Å²) in [4.78, 5) is 63.9. The molecule has 0 spiro atoms. The molecule has 3 amide bonds. The summed E-state index contributed by atoms with van der Waals surface area (Å²) in [6.07, 6.45) is 0. The first kappa shape index (κ1) is 34.3. The predicted molar refractivity (Wildman–Crippen MR) is 179 cm³/mol. The Morgan fingerprint density at radius 3 is 1.77 bits per heavy atom. The minimum atomic E-state index is -2.20. The third-order valence-electron chi connectivity index (χ3n) is 8.22. The molecule has 1 saturated heterocycles. The van der Waals surface area contributed by atoms with Crippen LogP contribution in [0.1, 0.15) is 31.1 Å². The SMILES string of the molecule is O=C(CN(C(=O)c1ccc(Cl)c(Cl)c1)N1C(=O)[C@@H]2[C@@H](C1=O)[C@@]1(Cl)C(Cl)=C(Cl)[C@@]2(Cl)C1(Cl)Cl)c1ccc(OC(=O)c2ccccc2)cc1. The third kappa shape index (κ3) is 4.98. The Morgan fingerprint density at radius 1 is 0.702 bits per heavy atom. The molecule has 6 rings (SSSR count). The Balaban J connectivity index is 1.33.